The fourth-order valence-electron chi connectivity index (χ4n) is 2.98. The topological polar surface area (TPSA) is 49.6 Å². The standard InChI is InChI=1S/C20H25N3O/c1-22(2)19-11-10-18(21)12-17(19)14-23(20(24)16-8-9-16)13-15-6-4-3-5-7-15/h3-7,10-12,16H,8-9,13-14,21H2,1-2H3. The zero-order valence-electron chi connectivity index (χ0n) is 14.4. The molecule has 0 bridgehead atoms. The largest absolute Gasteiger partial charge is 0.399 e. The molecule has 2 N–H and O–H groups in total. The van der Waals surface area contributed by atoms with Crippen LogP contribution in [0.25, 0.3) is 0 Å². The number of rotatable bonds is 6. The number of anilines is 2. The molecule has 0 heterocycles. The third-order valence-electron chi connectivity index (χ3n) is 4.40. The van der Waals surface area contributed by atoms with Gasteiger partial charge in [-0.1, -0.05) is 30.3 Å². The molecule has 0 saturated heterocycles. The molecule has 0 unspecified atom stereocenters. The number of carbonyl (C=O) groups is 1. The highest BCUT2D eigenvalue weighted by atomic mass is 16.2. The van der Waals surface area contributed by atoms with E-state index in [1.165, 1.54) is 0 Å². The maximum atomic E-state index is 12.8. The Kier molecular flexibility index (Phi) is 4.74. The molecular weight excluding hydrogens is 298 g/mol. The summed E-state index contributed by atoms with van der Waals surface area (Å²) in [5, 5.41) is 0. The van der Waals surface area contributed by atoms with Gasteiger partial charge < -0.3 is 15.5 Å². The van der Waals surface area contributed by atoms with Crippen molar-refractivity contribution in [3.05, 3.63) is 59.7 Å². The maximum Gasteiger partial charge on any atom is 0.226 e. The van der Waals surface area contributed by atoms with Crippen LogP contribution in [-0.4, -0.2) is 24.9 Å². The van der Waals surface area contributed by atoms with Gasteiger partial charge in [0.25, 0.3) is 0 Å². The molecule has 24 heavy (non-hydrogen) atoms. The molecule has 0 aromatic heterocycles. The molecule has 0 spiro atoms. The maximum absolute atomic E-state index is 12.8. The summed E-state index contributed by atoms with van der Waals surface area (Å²) in [5.41, 5.74) is 10.1. The number of amides is 1. The summed E-state index contributed by atoms with van der Waals surface area (Å²) in [6, 6.07) is 16.1. The molecule has 2 aromatic carbocycles. The summed E-state index contributed by atoms with van der Waals surface area (Å²) in [4.78, 5) is 16.8. The molecule has 1 aliphatic rings. The van der Waals surface area contributed by atoms with Crippen LogP contribution in [0.3, 0.4) is 0 Å². The second kappa shape index (κ2) is 6.95. The molecular formula is C20H25N3O. The van der Waals surface area contributed by atoms with Gasteiger partial charge in [0.15, 0.2) is 0 Å². The van der Waals surface area contributed by atoms with Gasteiger partial charge in [-0.05, 0) is 42.2 Å². The molecule has 4 nitrogen and oxygen atoms in total. The minimum Gasteiger partial charge on any atom is -0.399 e. The van der Waals surface area contributed by atoms with E-state index in [9.17, 15) is 4.79 Å². The first-order valence-corrected chi connectivity index (χ1v) is 8.43. The number of nitrogens with zero attached hydrogens (tertiary/aromatic N) is 2. The van der Waals surface area contributed by atoms with Crippen LogP contribution in [0.1, 0.15) is 24.0 Å². The molecule has 1 fully saturated rings. The molecule has 1 aliphatic carbocycles. The van der Waals surface area contributed by atoms with Crippen molar-refractivity contribution >= 4 is 17.3 Å². The number of hydrogen-bond donors (Lipinski definition) is 1. The van der Waals surface area contributed by atoms with Crippen LogP contribution in [0.15, 0.2) is 48.5 Å². The van der Waals surface area contributed by atoms with E-state index in [2.05, 4.69) is 17.0 Å². The molecule has 1 amide bonds. The van der Waals surface area contributed by atoms with Gasteiger partial charge in [0.1, 0.15) is 0 Å². The van der Waals surface area contributed by atoms with Gasteiger partial charge in [0, 0.05) is 44.5 Å². The number of nitrogen functional groups attached to an aromatic ring is 1. The van der Waals surface area contributed by atoms with Crippen molar-refractivity contribution in [2.45, 2.75) is 25.9 Å². The molecule has 2 aromatic rings. The van der Waals surface area contributed by atoms with Gasteiger partial charge in [-0.25, -0.2) is 0 Å². The van der Waals surface area contributed by atoms with Gasteiger partial charge in [-0.3, -0.25) is 4.79 Å². The Balaban J connectivity index is 1.86. The predicted molar refractivity (Wildman–Crippen MR) is 98.6 cm³/mol. The van der Waals surface area contributed by atoms with Crippen molar-refractivity contribution in [1.29, 1.82) is 0 Å². The van der Waals surface area contributed by atoms with Crippen molar-refractivity contribution < 1.29 is 4.79 Å². The monoisotopic (exact) mass is 323 g/mol. The summed E-state index contributed by atoms with van der Waals surface area (Å²) in [6.07, 6.45) is 2.03. The quantitative estimate of drug-likeness (QED) is 0.830. The average Bonchev–Trinajstić information content (AvgIpc) is 3.39. The fraction of sp³-hybridized carbons (Fsp3) is 0.350. The smallest absolute Gasteiger partial charge is 0.226 e. The Hall–Kier alpha value is -2.49. The summed E-state index contributed by atoms with van der Waals surface area (Å²) in [5.74, 6) is 0.462. The Morgan fingerprint density at radius 1 is 1.08 bits per heavy atom. The van der Waals surface area contributed by atoms with Gasteiger partial charge in [-0.15, -0.1) is 0 Å². The molecule has 3 rings (SSSR count). The first-order chi connectivity index (χ1) is 11.5. The SMILES string of the molecule is CN(C)c1ccc(N)cc1CN(Cc1ccccc1)C(=O)C1CC1. The highest BCUT2D eigenvalue weighted by Gasteiger charge is 2.33. The fourth-order valence-corrected chi connectivity index (χ4v) is 2.98. The Labute approximate surface area is 143 Å². The zero-order chi connectivity index (χ0) is 17.1. The van der Waals surface area contributed by atoms with E-state index in [0.29, 0.717) is 13.1 Å². The molecule has 0 atom stereocenters. The lowest BCUT2D eigenvalue weighted by atomic mass is 10.1. The van der Waals surface area contributed by atoms with Crippen LogP contribution < -0.4 is 10.6 Å². The summed E-state index contributed by atoms with van der Waals surface area (Å²) < 4.78 is 0. The number of benzene rings is 2. The minimum atomic E-state index is 0.206. The molecule has 4 heteroatoms. The first kappa shape index (κ1) is 16.4. The van der Waals surface area contributed by atoms with E-state index < -0.39 is 0 Å². The Morgan fingerprint density at radius 2 is 1.79 bits per heavy atom. The van der Waals surface area contributed by atoms with Crippen LogP contribution in [-0.2, 0) is 17.9 Å². The second-order valence-corrected chi connectivity index (χ2v) is 6.74. The lowest BCUT2D eigenvalue weighted by molar-refractivity contribution is -0.133. The van der Waals surface area contributed by atoms with Gasteiger partial charge in [0.05, 0.1) is 0 Å². The van der Waals surface area contributed by atoms with Gasteiger partial charge >= 0.3 is 0 Å². The van der Waals surface area contributed by atoms with Crippen molar-refractivity contribution in [1.82, 2.24) is 4.90 Å². The van der Waals surface area contributed by atoms with Crippen LogP contribution >= 0.6 is 0 Å². The van der Waals surface area contributed by atoms with E-state index in [-0.39, 0.29) is 11.8 Å². The van der Waals surface area contributed by atoms with Crippen LogP contribution in [0.4, 0.5) is 11.4 Å². The van der Waals surface area contributed by atoms with Gasteiger partial charge in [0.2, 0.25) is 5.91 Å². The van der Waals surface area contributed by atoms with Crippen LogP contribution in [0, 0.1) is 5.92 Å². The van der Waals surface area contributed by atoms with E-state index in [0.717, 1.165) is 35.3 Å². The highest BCUT2D eigenvalue weighted by molar-refractivity contribution is 5.81. The van der Waals surface area contributed by atoms with Crippen molar-refractivity contribution in [2.75, 3.05) is 24.7 Å². The Morgan fingerprint density at radius 3 is 2.42 bits per heavy atom. The molecule has 126 valence electrons. The average molecular weight is 323 g/mol. The van der Waals surface area contributed by atoms with E-state index in [1.54, 1.807) is 0 Å². The molecule has 1 saturated carbocycles. The summed E-state index contributed by atoms with van der Waals surface area (Å²) >= 11 is 0. The third-order valence-corrected chi connectivity index (χ3v) is 4.40. The van der Waals surface area contributed by atoms with Gasteiger partial charge in [-0.2, -0.15) is 0 Å². The van der Waals surface area contributed by atoms with E-state index >= 15 is 0 Å². The molecule has 0 aliphatic heterocycles. The second-order valence-electron chi connectivity index (χ2n) is 6.74. The lowest BCUT2D eigenvalue weighted by Gasteiger charge is -2.26. The highest BCUT2D eigenvalue weighted by Crippen LogP contribution is 2.33. The zero-order valence-corrected chi connectivity index (χ0v) is 14.4. The van der Waals surface area contributed by atoms with Crippen molar-refractivity contribution in [3.63, 3.8) is 0 Å². The first-order valence-electron chi connectivity index (χ1n) is 8.43. The van der Waals surface area contributed by atoms with Crippen molar-refractivity contribution in [2.24, 2.45) is 5.92 Å². The predicted octanol–water partition coefficient (Wildman–Crippen LogP) is 3.27. The number of carbonyl (C=O) groups excluding carboxylic acids is 1. The third kappa shape index (κ3) is 3.88. The minimum absolute atomic E-state index is 0.206. The number of hydrogen-bond acceptors (Lipinski definition) is 3. The molecule has 0 radical (unpaired) electrons. The van der Waals surface area contributed by atoms with Crippen molar-refractivity contribution in [3.8, 4) is 0 Å². The lowest BCUT2D eigenvalue weighted by Crippen LogP contribution is -2.32. The Bertz CT molecular complexity index is 708. The summed E-state index contributed by atoms with van der Waals surface area (Å²) in [6.45, 7) is 1.22. The van der Waals surface area contributed by atoms with Crippen LogP contribution in [0.5, 0.6) is 0 Å². The van der Waals surface area contributed by atoms with E-state index in [4.69, 9.17) is 5.73 Å². The van der Waals surface area contributed by atoms with Crippen LogP contribution in [0.2, 0.25) is 0 Å². The number of nitrogens with two attached hydrogens (primary N) is 1. The summed E-state index contributed by atoms with van der Waals surface area (Å²) in [7, 11) is 4.03. The normalized spacial score (nSPS) is 13.6. The van der Waals surface area contributed by atoms with E-state index in [1.807, 2.05) is 55.4 Å².